The fourth-order valence-electron chi connectivity index (χ4n) is 2.25. The lowest BCUT2D eigenvalue weighted by atomic mass is 10.0. The molecule has 0 saturated carbocycles. The second-order valence-corrected chi connectivity index (χ2v) is 7.09. The molecule has 10 heteroatoms. The van der Waals surface area contributed by atoms with Gasteiger partial charge in [0.15, 0.2) is 0 Å². The van der Waals surface area contributed by atoms with E-state index in [0.29, 0.717) is 5.75 Å². The van der Waals surface area contributed by atoms with Crippen LogP contribution in [-0.2, 0) is 10.0 Å². The number of nitro benzene ring substituents is 1. The second kappa shape index (κ2) is 8.23. The lowest BCUT2D eigenvalue weighted by molar-refractivity contribution is -0.384. The van der Waals surface area contributed by atoms with Gasteiger partial charge in [0.05, 0.1) is 35.7 Å². The van der Waals surface area contributed by atoms with Gasteiger partial charge in [-0.1, -0.05) is 0 Å². The molecule has 0 aliphatic carbocycles. The number of nitro groups is 1. The highest BCUT2D eigenvalue weighted by Gasteiger charge is 2.27. The van der Waals surface area contributed by atoms with Crippen LogP contribution in [0.25, 0.3) is 0 Å². The van der Waals surface area contributed by atoms with E-state index in [0.717, 1.165) is 0 Å². The molecule has 0 bridgehead atoms. The van der Waals surface area contributed by atoms with Gasteiger partial charge in [0.1, 0.15) is 5.75 Å². The zero-order valence-corrected chi connectivity index (χ0v) is 14.6. The van der Waals surface area contributed by atoms with Crippen LogP contribution in [0.1, 0.15) is 11.7 Å². The summed E-state index contributed by atoms with van der Waals surface area (Å²) in [5.74, 6) is 0.480. The summed E-state index contributed by atoms with van der Waals surface area (Å²) in [6, 6.07) is 9.33. The number of hydrogen-bond donors (Lipinski definition) is 3. The molecule has 0 unspecified atom stereocenters. The Morgan fingerprint density at radius 3 is 2.19 bits per heavy atom. The minimum atomic E-state index is -4.00. The summed E-state index contributed by atoms with van der Waals surface area (Å²) in [5.41, 5.74) is 0.0624. The van der Waals surface area contributed by atoms with Crippen molar-refractivity contribution < 1.29 is 28.3 Å². The first-order valence-corrected chi connectivity index (χ1v) is 8.96. The monoisotopic (exact) mass is 382 g/mol. The Kier molecular flexibility index (Phi) is 6.27. The standard InChI is InChI=1S/C16H18N2O7S/c1-25-13-6-8-14(9-7-13)26(23,24)17-15(10-19)16(20)11-2-4-12(5-3-11)18(21)22/h2-9,15-17,19-20H,10H2,1H3/t15-,16-/m1/s1. The van der Waals surface area contributed by atoms with E-state index in [-0.39, 0.29) is 16.1 Å². The molecule has 0 aromatic heterocycles. The maximum absolute atomic E-state index is 12.4. The van der Waals surface area contributed by atoms with Crippen molar-refractivity contribution in [3.63, 3.8) is 0 Å². The molecule has 2 atom stereocenters. The molecule has 0 saturated heterocycles. The summed E-state index contributed by atoms with van der Waals surface area (Å²) in [7, 11) is -2.56. The van der Waals surface area contributed by atoms with Crippen LogP contribution in [0.3, 0.4) is 0 Å². The molecule has 0 aliphatic rings. The Labute approximate surface area is 150 Å². The molecule has 0 fully saturated rings. The van der Waals surface area contributed by atoms with E-state index in [1.165, 1.54) is 55.6 Å². The van der Waals surface area contributed by atoms with Gasteiger partial charge in [0.25, 0.3) is 5.69 Å². The number of benzene rings is 2. The molecule has 2 aromatic rings. The number of sulfonamides is 1. The number of aliphatic hydroxyl groups is 2. The number of non-ortho nitro benzene ring substituents is 1. The van der Waals surface area contributed by atoms with Crippen LogP contribution in [0.15, 0.2) is 53.4 Å². The van der Waals surface area contributed by atoms with Crippen molar-refractivity contribution >= 4 is 15.7 Å². The molecule has 26 heavy (non-hydrogen) atoms. The number of methoxy groups -OCH3 is 1. The highest BCUT2D eigenvalue weighted by molar-refractivity contribution is 7.89. The maximum atomic E-state index is 12.4. The Bertz CT molecular complexity index is 851. The van der Waals surface area contributed by atoms with E-state index in [1.54, 1.807) is 0 Å². The molecule has 0 spiro atoms. The maximum Gasteiger partial charge on any atom is 0.269 e. The van der Waals surface area contributed by atoms with Gasteiger partial charge in [-0.2, -0.15) is 0 Å². The van der Waals surface area contributed by atoms with Crippen LogP contribution < -0.4 is 9.46 Å². The first-order chi connectivity index (χ1) is 12.3. The van der Waals surface area contributed by atoms with E-state index >= 15 is 0 Å². The molecule has 2 rings (SSSR count). The third kappa shape index (κ3) is 4.55. The average Bonchev–Trinajstić information content (AvgIpc) is 2.65. The van der Waals surface area contributed by atoms with Gasteiger partial charge in [-0.25, -0.2) is 13.1 Å². The fourth-order valence-corrected chi connectivity index (χ4v) is 3.48. The predicted octanol–water partition coefficient (Wildman–Crippen LogP) is 0.976. The Morgan fingerprint density at radius 1 is 1.15 bits per heavy atom. The molecular weight excluding hydrogens is 364 g/mol. The van der Waals surface area contributed by atoms with Gasteiger partial charge in [-0.15, -0.1) is 0 Å². The second-order valence-electron chi connectivity index (χ2n) is 5.38. The van der Waals surface area contributed by atoms with Crippen LogP contribution in [0.5, 0.6) is 5.75 Å². The quantitative estimate of drug-likeness (QED) is 0.457. The summed E-state index contributed by atoms with van der Waals surface area (Å²) in [6.07, 6.45) is -1.39. The third-order valence-electron chi connectivity index (χ3n) is 3.70. The Balaban J connectivity index is 2.19. The summed E-state index contributed by atoms with van der Waals surface area (Å²) in [5, 5.41) is 30.5. The zero-order valence-electron chi connectivity index (χ0n) is 13.8. The molecule has 0 aliphatic heterocycles. The van der Waals surface area contributed by atoms with Crippen LogP contribution in [-0.4, -0.2) is 43.3 Å². The largest absolute Gasteiger partial charge is 0.497 e. The first kappa shape index (κ1) is 19.8. The van der Waals surface area contributed by atoms with Crippen LogP contribution >= 0.6 is 0 Å². The number of nitrogens with zero attached hydrogens (tertiary/aromatic N) is 1. The minimum Gasteiger partial charge on any atom is -0.497 e. The van der Waals surface area contributed by atoms with E-state index in [9.17, 15) is 28.7 Å². The SMILES string of the molecule is COc1ccc(S(=O)(=O)N[C@H](CO)[C@H](O)c2ccc([N+](=O)[O-])cc2)cc1. The molecule has 0 heterocycles. The van der Waals surface area contributed by atoms with E-state index in [1.807, 2.05) is 0 Å². The minimum absolute atomic E-state index is 0.0624. The van der Waals surface area contributed by atoms with Crippen LogP contribution in [0, 0.1) is 10.1 Å². The lowest BCUT2D eigenvalue weighted by Gasteiger charge is -2.22. The summed E-state index contributed by atoms with van der Waals surface area (Å²) in [6.45, 7) is -0.673. The smallest absolute Gasteiger partial charge is 0.269 e. The lowest BCUT2D eigenvalue weighted by Crippen LogP contribution is -2.41. The number of ether oxygens (including phenoxy) is 1. The van der Waals surface area contributed by atoms with Crippen molar-refractivity contribution in [2.45, 2.75) is 17.0 Å². The van der Waals surface area contributed by atoms with Crippen molar-refractivity contribution in [1.82, 2.24) is 4.72 Å². The molecule has 0 radical (unpaired) electrons. The first-order valence-electron chi connectivity index (χ1n) is 7.48. The van der Waals surface area contributed by atoms with Crippen molar-refractivity contribution in [2.75, 3.05) is 13.7 Å². The highest BCUT2D eigenvalue weighted by atomic mass is 32.2. The van der Waals surface area contributed by atoms with Gasteiger partial charge >= 0.3 is 0 Å². The van der Waals surface area contributed by atoms with Crippen molar-refractivity contribution in [1.29, 1.82) is 0 Å². The van der Waals surface area contributed by atoms with Crippen LogP contribution in [0.2, 0.25) is 0 Å². The summed E-state index contributed by atoms with van der Waals surface area (Å²) >= 11 is 0. The molecule has 9 nitrogen and oxygen atoms in total. The molecule has 0 amide bonds. The van der Waals surface area contributed by atoms with Gasteiger partial charge in [0.2, 0.25) is 10.0 Å². The molecule has 3 N–H and O–H groups in total. The summed E-state index contributed by atoms with van der Waals surface area (Å²) in [4.78, 5) is 10.0. The number of hydrogen-bond acceptors (Lipinski definition) is 7. The predicted molar refractivity (Wildman–Crippen MR) is 92.2 cm³/mol. The topological polar surface area (TPSA) is 139 Å². The van der Waals surface area contributed by atoms with E-state index in [2.05, 4.69) is 4.72 Å². The van der Waals surface area contributed by atoms with Crippen molar-refractivity contribution in [3.8, 4) is 5.75 Å². The summed E-state index contributed by atoms with van der Waals surface area (Å²) < 4.78 is 32.0. The zero-order chi connectivity index (χ0) is 19.3. The highest BCUT2D eigenvalue weighted by Crippen LogP contribution is 2.22. The number of aliphatic hydroxyl groups excluding tert-OH is 2. The van der Waals surface area contributed by atoms with Crippen molar-refractivity contribution in [3.05, 3.63) is 64.2 Å². The van der Waals surface area contributed by atoms with Gasteiger partial charge in [-0.05, 0) is 42.0 Å². The Hall–Kier alpha value is -2.53. The van der Waals surface area contributed by atoms with Gasteiger partial charge in [-0.3, -0.25) is 10.1 Å². The number of rotatable bonds is 8. The van der Waals surface area contributed by atoms with Gasteiger partial charge < -0.3 is 14.9 Å². The van der Waals surface area contributed by atoms with E-state index < -0.39 is 33.7 Å². The molecule has 2 aromatic carbocycles. The molecular formula is C16H18N2O7S. The average molecular weight is 382 g/mol. The van der Waals surface area contributed by atoms with Crippen LogP contribution in [0.4, 0.5) is 5.69 Å². The van der Waals surface area contributed by atoms with Gasteiger partial charge in [0, 0.05) is 12.1 Å². The molecule has 140 valence electrons. The number of nitrogens with one attached hydrogen (secondary N) is 1. The third-order valence-corrected chi connectivity index (χ3v) is 5.21. The van der Waals surface area contributed by atoms with E-state index in [4.69, 9.17) is 4.74 Å². The Morgan fingerprint density at radius 2 is 1.73 bits per heavy atom. The van der Waals surface area contributed by atoms with Crippen molar-refractivity contribution in [2.24, 2.45) is 0 Å². The normalized spacial score (nSPS) is 13.8. The fraction of sp³-hybridized carbons (Fsp3) is 0.250.